The number of halogens is 1. The minimum atomic E-state index is -0.311. The van der Waals surface area contributed by atoms with E-state index in [2.05, 4.69) is 10.3 Å². The zero-order chi connectivity index (χ0) is 19.1. The first kappa shape index (κ1) is 17.8. The number of aliphatic imine (C=N–C) groups is 1. The van der Waals surface area contributed by atoms with Crippen LogP contribution in [-0.2, 0) is 9.59 Å². The third kappa shape index (κ3) is 2.95. The molecule has 7 heteroatoms. The Morgan fingerprint density at radius 1 is 1.15 bits per heavy atom. The van der Waals surface area contributed by atoms with E-state index < -0.39 is 0 Å². The van der Waals surface area contributed by atoms with Gasteiger partial charge in [-0.05, 0) is 49.4 Å². The van der Waals surface area contributed by atoms with Gasteiger partial charge in [-0.3, -0.25) is 9.59 Å². The van der Waals surface area contributed by atoms with Gasteiger partial charge in [-0.15, -0.1) is 0 Å². The third-order valence-corrected chi connectivity index (χ3v) is 5.94. The number of benzene rings is 2. The summed E-state index contributed by atoms with van der Waals surface area (Å²) in [6, 6.07) is 13.0. The Hall–Kier alpha value is -2.57. The zero-order valence-corrected chi connectivity index (χ0v) is 16.3. The van der Waals surface area contributed by atoms with Gasteiger partial charge < -0.3 is 10.2 Å². The van der Waals surface area contributed by atoms with Crippen LogP contribution in [0.3, 0.4) is 0 Å². The number of amides is 2. The van der Waals surface area contributed by atoms with Crippen LogP contribution in [0, 0.1) is 6.92 Å². The largest absolute Gasteiger partial charge is 0.308 e. The summed E-state index contributed by atoms with van der Waals surface area (Å²) in [6.45, 7) is 4.33. The minimum absolute atomic E-state index is 0.156. The highest BCUT2D eigenvalue weighted by atomic mass is 35.5. The van der Waals surface area contributed by atoms with Crippen molar-refractivity contribution in [1.82, 2.24) is 5.32 Å². The number of thioether (sulfide) groups is 1. The van der Waals surface area contributed by atoms with E-state index in [1.165, 1.54) is 11.8 Å². The molecule has 4 rings (SSSR count). The van der Waals surface area contributed by atoms with E-state index in [1.807, 2.05) is 50.2 Å². The molecule has 0 saturated carbocycles. The van der Waals surface area contributed by atoms with E-state index in [0.717, 1.165) is 16.8 Å². The molecule has 0 aromatic heterocycles. The smallest absolute Gasteiger partial charge is 0.264 e. The summed E-state index contributed by atoms with van der Waals surface area (Å²) in [5, 5.41) is 3.81. The monoisotopic (exact) mass is 397 g/mol. The van der Waals surface area contributed by atoms with Gasteiger partial charge in [0, 0.05) is 17.1 Å². The van der Waals surface area contributed by atoms with Crippen LogP contribution in [0.15, 0.2) is 52.4 Å². The number of para-hydroxylation sites is 1. The Morgan fingerprint density at radius 2 is 1.93 bits per heavy atom. The van der Waals surface area contributed by atoms with E-state index in [9.17, 15) is 9.59 Å². The second kappa shape index (κ2) is 6.87. The van der Waals surface area contributed by atoms with Gasteiger partial charge >= 0.3 is 0 Å². The zero-order valence-electron chi connectivity index (χ0n) is 14.7. The molecule has 5 nitrogen and oxygen atoms in total. The van der Waals surface area contributed by atoms with Crippen molar-refractivity contribution in [1.29, 1.82) is 0 Å². The van der Waals surface area contributed by atoms with Crippen LogP contribution >= 0.6 is 23.4 Å². The van der Waals surface area contributed by atoms with Crippen LogP contribution in [0.5, 0.6) is 0 Å². The van der Waals surface area contributed by atoms with Gasteiger partial charge in [-0.2, -0.15) is 0 Å². The summed E-state index contributed by atoms with van der Waals surface area (Å²) in [6.07, 6.45) is 0. The first-order valence-corrected chi connectivity index (χ1v) is 9.69. The number of rotatable bonds is 2. The number of nitrogens with one attached hydrogen (secondary N) is 1. The number of carbonyl (C=O) groups is 2. The molecular formula is C20H16ClN3O2S. The molecule has 0 aliphatic carbocycles. The predicted octanol–water partition coefficient (Wildman–Crippen LogP) is 4.28. The number of carbonyl (C=O) groups excluding carboxylic acids is 2. The lowest BCUT2D eigenvalue weighted by molar-refractivity contribution is -0.116. The highest BCUT2D eigenvalue weighted by Gasteiger charge is 2.38. The fourth-order valence-corrected chi connectivity index (χ4v) is 4.27. The Labute approximate surface area is 166 Å². The average molecular weight is 398 g/mol. The summed E-state index contributed by atoms with van der Waals surface area (Å²) in [4.78, 5) is 32.1. The van der Waals surface area contributed by atoms with Crippen LogP contribution in [0.25, 0.3) is 5.57 Å². The van der Waals surface area contributed by atoms with Crippen molar-refractivity contribution in [3.8, 4) is 0 Å². The molecule has 2 aromatic carbocycles. The summed E-state index contributed by atoms with van der Waals surface area (Å²) in [7, 11) is 0. The van der Waals surface area contributed by atoms with Gasteiger partial charge in [0.15, 0.2) is 5.17 Å². The van der Waals surface area contributed by atoms with Crippen molar-refractivity contribution in [3.05, 3.63) is 63.5 Å². The molecule has 0 bridgehead atoms. The maximum absolute atomic E-state index is 12.9. The van der Waals surface area contributed by atoms with E-state index in [0.29, 0.717) is 32.9 Å². The SMILES string of the molecule is CCN1C(=O)C(=C2SC(=Nc3cccc(Cl)c3C)NC2=O)c2ccccc21. The fraction of sp³-hybridized carbons (Fsp3) is 0.150. The lowest BCUT2D eigenvalue weighted by atomic mass is 10.1. The first-order valence-electron chi connectivity index (χ1n) is 8.49. The molecule has 1 N–H and O–H groups in total. The van der Waals surface area contributed by atoms with Crippen molar-refractivity contribution in [2.75, 3.05) is 11.4 Å². The molecule has 2 amide bonds. The van der Waals surface area contributed by atoms with E-state index in [-0.39, 0.29) is 11.8 Å². The van der Waals surface area contributed by atoms with Gasteiger partial charge in [0.25, 0.3) is 11.8 Å². The maximum atomic E-state index is 12.9. The number of amidine groups is 1. The Balaban J connectivity index is 1.78. The molecule has 2 aliphatic rings. The Morgan fingerprint density at radius 3 is 2.70 bits per heavy atom. The second-order valence-electron chi connectivity index (χ2n) is 6.13. The van der Waals surface area contributed by atoms with Crippen LogP contribution in [0.2, 0.25) is 5.02 Å². The summed E-state index contributed by atoms with van der Waals surface area (Å²) in [5.74, 6) is -0.467. The highest BCUT2D eigenvalue weighted by molar-refractivity contribution is 8.18. The molecule has 0 spiro atoms. The van der Waals surface area contributed by atoms with Crippen LogP contribution in [0.1, 0.15) is 18.1 Å². The lowest BCUT2D eigenvalue weighted by Crippen LogP contribution is -2.26. The summed E-state index contributed by atoms with van der Waals surface area (Å²) in [5.41, 5.74) is 3.56. The van der Waals surface area contributed by atoms with E-state index in [1.54, 1.807) is 11.0 Å². The van der Waals surface area contributed by atoms with Gasteiger partial charge in [-0.25, -0.2) is 4.99 Å². The van der Waals surface area contributed by atoms with Crippen molar-refractivity contribution < 1.29 is 9.59 Å². The standard InChI is InChI=1S/C20H16ClN3O2S/c1-3-24-15-10-5-4-7-12(15)16(19(24)26)17-18(25)23-20(27-17)22-14-9-6-8-13(21)11(14)2/h4-10H,3H2,1-2H3,(H,22,23,25). The van der Waals surface area contributed by atoms with Crippen LogP contribution in [0.4, 0.5) is 11.4 Å². The van der Waals surface area contributed by atoms with Crippen molar-refractivity contribution in [3.63, 3.8) is 0 Å². The normalized spacial score (nSPS) is 20.4. The number of hydrogen-bond acceptors (Lipinski definition) is 4. The lowest BCUT2D eigenvalue weighted by Gasteiger charge is -2.13. The molecule has 2 aliphatic heterocycles. The Bertz CT molecular complexity index is 1050. The Kier molecular flexibility index (Phi) is 4.53. The van der Waals surface area contributed by atoms with E-state index >= 15 is 0 Å². The summed E-state index contributed by atoms with van der Waals surface area (Å²) >= 11 is 7.33. The van der Waals surface area contributed by atoms with Crippen molar-refractivity contribution in [2.24, 2.45) is 4.99 Å². The van der Waals surface area contributed by atoms with Crippen molar-refractivity contribution in [2.45, 2.75) is 13.8 Å². The van der Waals surface area contributed by atoms with E-state index in [4.69, 9.17) is 11.6 Å². The van der Waals surface area contributed by atoms with Gasteiger partial charge in [-0.1, -0.05) is 35.9 Å². The fourth-order valence-electron chi connectivity index (χ4n) is 3.18. The van der Waals surface area contributed by atoms with Crippen LogP contribution in [-0.4, -0.2) is 23.5 Å². The number of nitrogens with zero attached hydrogens (tertiary/aromatic N) is 2. The third-order valence-electron chi connectivity index (χ3n) is 4.55. The molecule has 136 valence electrons. The topological polar surface area (TPSA) is 61.8 Å². The molecule has 1 saturated heterocycles. The molecule has 1 fully saturated rings. The predicted molar refractivity (Wildman–Crippen MR) is 110 cm³/mol. The van der Waals surface area contributed by atoms with Crippen molar-refractivity contribution >= 4 is 57.3 Å². The molecular weight excluding hydrogens is 382 g/mol. The number of fused-ring (bicyclic) bond motifs is 1. The molecule has 0 radical (unpaired) electrons. The molecule has 2 aromatic rings. The number of likely N-dealkylation sites (N-methyl/N-ethyl adjacent to an activating group) is 1. The minimum Gasteiger partial charge on any atom is -0.308 e. The van der Waals surface area contributed by atoms with Gasteiger partial charge in [0.05, 0.1) is 21.9 Å². The quantitative estimate of drug-likeness (QED) is 0.769. The molecule has 27 heavy (non-hydrogen) atoms. The second-order valence-corrected chi connectivity index (χ2v) is 7.53. The number of hydrogen-bond donors (Lipinski definition) is 1. The summed E-state index contributed by atoms with van der Waals surface area (Å²) < 4.78 is 0. The highest BCUT2D eigenvalue weighted by Crippen LogP contribution is 2.42. The molecule has 0 atom stereocenters. The maximum Gasteiger partial charge on any atom is 0.264 e. The van der Waals surface area contributed by atoms with Gasteiger partial charge in [0.1, 0.15) is 0 Å². The molecule has 0 unspecified atom stereocenters. The van der Waals surface area contributed by atoms with Crippen LogP contribution < -0.4 is 10.2 Å². The molecule has 2 heterocycles. The van der Waals surface area contributed by atoms with Gasteiger partial charge in [0.2, 0.25) is 0 Å². The first-order chi connectivity index (χ1) is 13.0. The number of anilines is 1. The average Bonchev–Trinajstić information content (AvgIpc) is 3.14.